The molecule has 1 heterocycles. The number of carbonyl (C=O) groups is 2. The molecule has 0 spiro atoms. The Morgan fingerprint density at radius 1 is 1.43 bits per heavy atom. The smallest absolute Gasteiger partial charge is 0.314 e. The highest BCUT2D eigenvalue weighted by atomic mass is 16.5. The molecular formula is C13H25N3O5. The molecule has 1 aliphatic heterocycles. The molecule has 8 nitrogen and oxygen atoms in total. The molecule has 0 radical (unpaired) electrons. The van der Waals surface area contributed by atoms with E-state index in [1.807, 2.05) is 0 Å². The molecule has 0 aromatic rings. The van der Waals surface area contributed by atoms with Crippen LogP contribution in [0.5, 0.6) is 0 Å². The summed E-state index contributed by atoms with van der Waals surface area (Å²) >= 11 is 0. The van der Waals surface area contributed by atoms with Gasteiger partial charge in [-0.25, -0.2) is 4.79 Å². The van der Waals surface area contributed by atoms with Gasteiger partial charge in [-0.15, -0.1) is 0 Å². The van der Waals surface area contributed by atoms with Gasteiger partial charge < -0.3 is 25.6 Å². The molecular weight excluding hydrogens is 278 g/mol. The number of hydrogen-bond donors (Lipinski definition) is 4. The fourth-order valence-corrected chi connectivity index (χ4v) is 2.12. The van der Waals surface area contributed by atoms with E-state index in [0.717, 1.165) is 19.6 Å². The first-order valence-electron chi connectivity index (χ1n) is 7.12. The van der Waals surface area contributed by atoms with Gasteiger partial charge in [0, 0.05) is 26.2 Å². The van der Waals surface area contributed by atoms with Crippen LogP contribution in [0.4, 0.5) is 4.79 Å². The monoisotopic (exact) mass is 303 g/mol. The van der Waals surface area contributed by atoms with Crippen LogP contribution in [0.25, 0.3) is 0 Å². The molecule has 0 saturated carbocycles. The van der Waals surface area contributed by atoms with E-state index < -0.39 is 24.0 Å². The number of morpholine rings is 1. The second-order valence-electron chi connectivity index (χ2n) is 5.52. The van der Waals surface area contributed by atoms with Crippen molar-refractivity contribution in [2.75, 3.05) is 39.3 Å². The molecule has 122 valence electrons. The highest BCUT2D eigenvalue weighted by molar-refractivity contribution is 5.74. The van der Waals surface area contributed by atoms with E-state index in [1.54, 1.807) is 0 Å². The lowest BCUT2D eigenvalue weighted by molar-refractivity contribution is -0.141. The van der Waals surface area contributed by atoms with Crippen molar-refractivity contribution in [3.63, 3.8) is 0 Å². The van der Waals surface area contributed by atoms with Crippen molar-refractivity contribution in [3.8, 4) is 0 Å². The third-order valence-electron chi connectivity index (χ3n) is 3.32. The van der Waals surface area contributed by atoms with E-state index >= 15 is 0 Å². The van der Waals surface area contributed by atoms with Crippen molar-refractivity contribution in [2.45, 2.75) is 32.0 Å². The lowest BCUT2D eigenvalue weighted by Gasteiger charge is -2.32. The van der Waals surface area contributed by atoms with Crippen LogP contribution in [-0.2, 0) is 9.53 Å². The Labute approximate surface area is 124 Å². The molecule has 1 rings (SSSR count). The lowest BCUT2D eigenvalue weighted by atomic mass is 10.0. The molecule has 8 heteroatoms. The Bertz CT molecular complexity index is 362. The summed E-state index contributed by atoms with van der Waals surface area (Å²) in [4.78, 5) is 24.4. The highest BCUT2D eigenvalue weighted by Gasteiger charge is 2.25. The van der Waals surface area contributed by atoms with E-state index in [1.165, 1.54) is 6.92 Å². The van der Waals surface area contributed by atoms with E-state index in [4.69, 9.17) is 9.84 Å². The number of amides is 2. The Balaban J connectivity index is 2.23. The second-order valence-corrected chi connectivity index (χ2v) is 5.52. The fourth-order valence-electron chi connectivity index (χ4n) is 2.12. The van der Waals surface area contributed by atoms with Crippen LogP contribution >= 0.6 is 0 Å². The minimum absolute atomic E-state index is 0.0519. The van der Waals surface area contributed by atoms with E-state index in [2.05, 4.69) is 22.5 Å². The predicted molar refractivity (Wildman–Crippen MR) is 76.1 cm³/mol. The summed E-state index contributed by atoms with van der Waals surface area (Å²) in [5.41, 5.74) is -1.47. The minimum atomic E-state index is -1.47. The summed E-state index contributed by atoms with van der Waals surface area (Å²) < 4.78 is 5.55. The van der Waals surface area contributed by atoms with Crippen molar-refractivity contribution in [2.24, 2.45) is 0 Å². The zero-order chi connectivity index (χ0) is 15.9. The minimum Gasteiger partial charge on any atom is -0.481 e. The molecule has 4 N–H and O–H groups in total. The first kappa shape index (κ1) is 17.7. The van der Waals surface area contributed by atoms with Crippen LogP contribution in [0.15, 0.2) is 0 Å². The van der Waals surface area contributed by atoms with Crippen LogP contribution in [0.3, 0.4) is 0 Å². The number of carboxylic acid groups (broad SMARTS) is 1. The van der Waals surface area contributed by atoms with Crippen LogP contribution in [0, 0.1) is 0 Å². The summed E-state index contributed by atoms with van der Waals surface area (Å²) in [7, 11) is 0. The van der Waals surface area contributed by atoms with E-state index in [9.17, 15) is 14.7 Å². The summed E-state index contributed by atoms with van der Waals surface area (Å²) in [6.45, 7) is 6.96. The molecule has 0 bridgehead atoms. The van der Waals surface area contributed by atoms with Gasteiger partial charge in [0.05, 0.1) is 24.7 Å². The van der Waals surface area contributed by atoms with Gasteiger partial charge in [-0.2, -0.15) is 0 Å². The van der Waals surface area contributed by atoms with Crippen molar-refractivity contribution >= 4 is 12.0 Å². The van der Waals surface area contributed by atoms with E-state index in [0.29, 0.717) is 13.2 Å². The predicted octanol–water partition coefficient (Wildman–Crippen LogP) is -0.768. The first-order valence-corrected chi connectivity index (χ1v) is 7.12. The number of carbonyl (C=O) groups excluding carboxylic acids is 1. The maximum atomic E-state index is 11.6. The number of nitrogens with one attached hydrogen (secondary N) is 2. The number of carboxylic acids is 1. The normalized spacial score (nSPS) is 22.3. The number of hydrogen-bond acceptors (Lipinski definition) is 5. The van der Waals surface area contributed by atoms with Gasteiger partial charge in [-0.05, 0) is 13.5 Å². The second kappa shape index (κ2) is 8.16. The number of likely N-dealkylation sites (N-methyl/N-ethyl adjacent to an activating group) is 1. The number of ether oxygens (including phenoxy) is 1. The van der Waals surface area contributed by atoms with Gasteiger partial charge >= 0.3 is 12.0 Å². The maximum absolute atomic E-state index is 11.6. The Morgan fingerprint density at radius 2 is 2.14 bits per heavy atom. The van der Waals surface area contributed by atoms with Crippen LogP contribution in [0.1, 0.15) is 20.3 Å². The lowest BCUT2D eigenvalue weighted by Crippen LogP contribution is -2.50. The molecule has 1 saturated heterocycles. The molecule has 2 unspecified atom stereocenters. The fraction of sp³-hybridized carbons (Fsp3) is 0.846. The van der Waals surface area contributed by atoms with Crippen LogP contribution in [-0.4, -0.2) is 78.1 Å². The Morgan fingerprint density at radius 3 is 2.76 bits per heavy atom. The molecule has 21 heavy (non-hydrogen) atoms. The highest BCUT2D eigenvalue weighted by Crippen LogP contribution is 2.07. The molecule has 0 aromatic carbocycles. The Kier molecular flexibility index (Phi) is 6.86. The third-order valence-corrected chi connectivity index (χ3v) is 3.32. The van der Waals surface area contributed by atoms with Gasteiger partial charge in [0.25, 0.3) is 0 Å². The first-order chi connectivity index (χ1) is 9.82. The van der Waals surface area contributed by atoms with E-state index in [-0.39, 0.29) is 12.6 Å². The molecule has 1 aliphatic rings. The van der Waals surface area contributed by atoms with Gasteiger partial charge in [0.1, 0.15) is 0 Å². The molecule has 0 aromatic heterocycles. The maximum Gasteiger partial charge on any atom is 0.314 e. The molecule has 2 amide bonds. The summed E-state index contributed by atoms with van der Waals surface area (Å²) in [6.07, 6.45) is -0.478. The molecule has 0 aliphatic carbocycles. The molecule has 2 atom stereocenters. The number of nitrogens with zero attached hydrogens (tertiary/aromatic N) is 1. The zero-order valence-electron chi connectivity index (χ0n) is 12.6. The molecule has 1 fully saturated rings. The average Bonchev–Trinajstić information content (AvgIpc) is 2.42. The van der Waals surface area contributed by atoms with Crippen LogP contribution in [0.2, 0.25) is 0 Å². The summed E-state index contributed by atoms with van der Waals surface area (Å²) in [5.74, 6) is -1.11. The van der Waals surface area contributed by atoms with Crippen molar-refractivity contribution in [1.29, 1.82) is 0 Å². The zero-order valence-corrected chi connectivity index (χ0v) is 12.6. The van der Waals surface area contributed by atoms with Crippen molar-refractivity contribution < 1.29 is 24.5 Å². The number of urea groups is 1. The number of aliphatic carboxylic acids is 1. The average molecular weight is 303 g/mol. The van der Waals surface area contributed by atoms with Crippen molar-refractivity contribution in [3.05, 3.63) is 0 Å². The van der Waals surface area contributed by atoms with Crippen molar-refractivity contribution in [1.82, 2.24) is 15.5 Å². The van der Waals surface area contributed by atoms with Gasteiger partial charge in [-0.1, -0.05) is 6.92 Å². The topological polar surface area (TPSA) is 111 Å². The third kappa shape index (κ3) is 7.26. The number of rotatable bonds is 7. The van der Waals surface area contributed by atoms with Gasteiger partial charge in [0.15, 0.2) is 0 Å². The quantitative estimate of drug-likeness (QED) is 0.491. The Hall–Kier alpha value is -1.38. The largest absolute Gasteiger partial charge is 0.481 e. The van der Waals surface area contributed by atoms with Crippen LogP contribution < -0.4 is 10.6 Å². The summed E-state index contributed by atoms with van der Waals surface area (Å²) in [5, 5.41) is 23.5. The standard InChI is InChI=1S/C13H25N3O5/c1-3-16-4-5-21-10(8-16)7-14-12(19)15-9-13(2,20)6-11(17)18/h10,20H,3-9H2,1-2H3,(H,17,18)(H2,14,15,19). The van der Waals surface area contributed by atoms with Gasteiger partial charge in [-0.3, -0.25) is 9.69 Å². The number of aliphatic hydroxyl groups is 1. The summed E-state index contributed by atoms with van der Waals surface area (Å²) in [6, 6.07) is -0.446. The SMILES string of the molecule is CCN1CCOC(CNC(=O)NCC(C)(O)CC(=O)O)C1. The van der Waals surface area contributed by atoms with Gasteiger partial charge in [0.2, 0.25) is 0 Å².